The Labute approximate surface area is 134 Å². The molecule has 2 heterocycles. The molecule has 1 aromatic heterocycles. The topological polar surface area (TPSA) is 71.5 Å². The fraction of sp³-hybridized carbons (Fsp3) is 0.615. The maximum absolute atomic E-state index is 12.9. The minimum absolute atomic E-state index is 0.107. The number of nitrogens with zero attached hydrogens (tertiary/aromatic N) is 2. The number of anilines is 1. The van der Waals surface area contributed by atoms with Gasteiger partial charge in [0.1, 0.15) is 10.7 Å². The minimum atomic E-state index is -3.60. The molecule has 1 saturated heterocycles. The molecule has 2 rings (SSSR count). The van der Waals surface area contributed by atoms with Crippen LogP contribution in [-0.2, 0) is 14.8 Å². The highest BCUT2D eigenvalue weighted by atomic mass is 79.9. The summed E-state index contributed by atoms with van der Waals surface area (Å²) in [6, 6.07) is 1.59. The number of halogens is 1. The standard InChI is InChI=1S/C13H20BrN3O3S/c1-3-15-13-12(7-11(14)8-16-13)21(18,19)17-5-4-6-20-10(2)9-17/h7-8,10H,3-6,9H2,1-2H3,(H,15,16). The van der Waals surface area contributed by atoms with Crippen molar-refractivity contribution in [1.29, 1.82) is 0 Å². The molecule has 0 aromatic carbocycles. The molecule has 1 fully saturated rings. The van der Waals surface area contributed by atoms with E-state index in [0.717, 1.165) is 0 Å². The normalized spacial score (nSPS) is 21.0. The van der Waals surface area contributed by atoms with Crippen LogP contribution in [0.1, 0.15) is 20.3 Å². The molecule has 0 radical (unpaired) electrons. The average Bonchev–Trinajstić information content (AvgIpc) is 2.66. The zero-order chi connectivity index (χ0) is 15.5. The fourth-order valence-electron chi connectivity index (χ4n) is 2.23. The van der Waals surface area contributed by atoms with E-state index in [2.05, 4.69) is 26.2 Å². The Balaban J connectivity index is 2.40. The van der Waals surface area contributed by atoms with Gasteiger partial charge in [-0.2, -0.15) is 4.31 Å². The summed E-state index contributed by atoms with van der Waals surface area (Å²) in [7, 11) is -3.60. The van der Waals surface area contributed by atoms with Crippen LogP contribution in [0.2, 0.25) is 0 Å². The Bertz CT molecular complexity index is 594. The number of sulfonamides is 1. The monoisotopic (exact) mass is 377 g/mol. The van der Waals surface area contributed by atoms with Crippen LogP contribution >= 0.6 is 15.9 Å². The van der Waals surface area contributed by atoms with E-state index in [1.54, 1.807) is 12.3 Å². The summed E-state index contributed by atoms with van der Waals surface area (Å²) >= 11 is 3.29. The van der Waals surface area contributed by atoms with Gasteiger partial charge in [0.2, 0.25) is 10.0 Å². The molecular formula is C13H20BrN3O3S. The van der Waals surface area contributed by atoms with Gasteiger partial charge in [-0.05, 0) is 42.3 Å². The van der Waals surface area contributed by atoms with Crippen molar-refractivity contribution >= 4 is 31.8 Å². The molecule has 0 spiro atoms. The van der Waals surface area contributed by atoms with Gasteiger partial charge in [-0.25, -0.2) is 13.4 Å². The number of pyridine rings is 1. The van der Waals surface area contributed by atoms with Crippen LogP contribution in [0.25, 0.3) is 0 Å². The molecule has 8 heteroatoms. The number of nitrogens with one attached hydrogen (secondary N) is 1. The van der Waals surface area contributed by atoms with E-state index in [0.29, 0.717) is 43.0 Å². The van der Waals surface area contributed by atoms with E-state index in [1.165, 1.54) is 4.31 Å². The zero-order valence-electron chi connectivity index (χ0n) is 12.2. The minimum Gasteiger partial charge on any atom is -0.377 e. The van der Waals surface area contributed by atoms with Crippen molar-refractivity contribution in [2.45, 2.75) is 31.3 Å². The Hall–Kier alpha value is -0.700. The summed E-state index contributed by atoms with van der Waals surface area (Å²) < 4.78 is 33.4. The Kier molecular flexibility index (Phi) is 5.59. The highest BCUT2D eigenvalue weighted by Gasteiger charge is 2.30. The smallest absolute Gasteiger partial charge is 0.246 e. The van der Waals surface area contributed by atoms with Gasteiger partial charge in [0.05, 0.1) is 6.10 Å². The lowest BCUT2D eigenvalue weighted by Gasteiger charge is -2.23. The molecule has 0 amide bonds. The lowest BCUT2D eigenvalue weighted by molar-refractivity contribution is 0.0752. The summed E-state index contributed by atoms with van der Waals surface area (Å²) in [6.45, 7) is 5.81. The van der Waals surface area contributed by atoms with Crippen LogP contribution in [-0.4, -0.2) is 50.1 Å². The second kappa shape index (κ2) is 7.04. The fourth-order valence-corrected chi connectivity index (χ4v) is 4.41. The summed E-state index contributed by atoms with van der Waals surface area (Å²) in [5.74, 6) is 0.388. The summed E-state index contributed by atoms with van der Waals surface area (Å²) in [5.41, 5.74) is 0. The third-order valence-electron chi connectivity index (χ3n) is 3.20. The molecule has 118 valence electrons. The van der Waals surface area contributed by atoms with Crippen LogP contribution < -0.4 is 5.32 Å². The van der Waals surface area contributed by atoms with E-state index in [-0.39, 0.29) is 11.0 Å². The van der Waals surface area contributed by atoms with Crippen LogP contribution in [0.15, 0.2) is 21.6 Å². The van der Waals surface area contributed by atoms with Crippen molar-refractivity contribution in [2.24, 2.45) is 0 Å². The quantitative estimate of drug-likeness (QED) is 0.869. The van der Waals surface area contributed by atoms with Gasteiger partial charge in [-0.1, -0.05) is 0 Å². The SMILES string of the molecule is CCNc1ncc(Br)cc1S(=O)(=O)N1CCCOC(C)C1. The van der Waals surface area contributed by atoms with Crippen molar-refractivity contribution in [1.82, 2.24) is 9.29 Å². The second-order valence-electron chi connectivity index (χ2n) is 4.93. The van der Waals surface area contributed by atoms with E-state index in [9.17, 15) is 8.42 Å². The number of ether oxygens (including phenoxy) is 1. The van der Waals surface area contributed by atoms with Gasteiger partial charge >= 0.3 is 0 Å². The third-order valence-corrected chi connectivity index (χ3v) is 5.51. The zero-order valence-corrected chi connectivity index (χ0v) is 14.6. The lowest BCUT2D eigenvalue weighted by atomic mass is 10.4. The maximum atomic E-state index is 12.9. The van der Waals surface area contributed by atoms with Gasteiger partial charge in [0.15, 0.2) is 0 Å². The van der Waals surface area contributed by atoms with Gasteiger partial charge < -0.3 is 10.1 Å². The lowest BCUT2D eigenvalue weighted by Crippen LogP contribution is -2.36. The largest absolute Gasteiger partial charge is 0.377 e. The maximum Gasteiger partial charge on any atom is 0.246 e. The number of hydrogen-bond acceptors (Lipinski definition) is 5. The summed E-state index contributed by atoms with van der Waals surface area (Å²) in [4.78, 5) is 4.38. The molecule has 1 aromatic rings. The highest BCUT2D eigenvalue weighted by Crippen LogP contribution is 2.27. The van der Waals surface area contributed by atoms with Gasteiger partial charge in [-0.15, -0.1) is 0 Å². The molecule has 0 bridgehead atoms. The van der Waals surface area contributed by atoms with Crippen molar-refractivity contribution in [3.05, 3.63) is 16.7 Å². The molecule has 1 N–H and O–H groups in total. The van der Waals surface area contributed by atoms with Crippen molar-refractivity contribution in [3.8, 4) is 0 Å². The number of aromatic nitrogens is 1. The molecule has 0 aliphatic carbocycles. The van der Waals surface area contributed by atoms with Gasteiger partial charge in [0, 0.05) is 36.9 Å². The predicted octanol–water partition coefficient (Wildman–Crippen LogP) is 2.08. The van der Waals surface area contributed by atoms with Crippen molar-refractivity contribution < 1.29 is 13.2 Å². The average molecular weight is 378 g/mol. The molecule has 21 heavy (non-hydrogen) atoms. The van der Waals surface area contributed by atoms with E-state index >= 15 is 0 Å². The first kappa shape index (κ1) is 16.7. The number of rotatable bonds is 4. The molecule has 6 nitrogen and oxygen atoms in total. The molecule has 0 saturated carbocycles. The first-order valence-corrected chi connectivity index (χ1v) is 9.19. The molecule has 1 aliphatic rings. The molecule has 1 aliphatic heterocycles. The Morgan fingerprint density at radius 3 is 3.05 bits per heavy atom. The van der Waals surface area contributed by atoms with Crippen molar-refractivity contribution in [3.63, 3.8) is 0 Å². The van der Waals surface area contributed by atoms with Crippen LogP contribution in [0.4, 0.5) is 5.82 Å². The molecular weight excluding hydrogens is 358 g/mol. The second-order valence-corrected chi connectivity index (χ2v) is 7.75. The van der Waals surface area contributed by atoms with E-state index < -0.39 is 10.0 Å². The first-order chi connectivity index (χ1) is 9.95. The molecule has 1 unspecified atom stereocenters. The Morgan fingerprint density at radius 1 is 1.57 bits per heavy atom. The van der Waals surface area contributed by atoms with Crippen LogP contribution in [0.5, 0.6) is 0 Å². The van der Waals surface area contributed by atoms with E-state index in [4.69, 9.17) is 4.74 Å². The summed E-state index contributed by atoms with van der Waals surface area (Å²) in [6.07, 6.45) is 2.18. The number of hydrogen-bond donors (Lipinski definition) is 1. The third kappa shape index (κ3) is 3.94. The van der Waals surface area contributed by atoms with Crippen LogP contribution in [0.3, 0.4) is 0 Å². The van der Waals surface area contributed by atoms with Crippen molar-refractivity contribution in [2.75, 3.05) is 31.6 Å². The summed E-state index contributed by atoms with van der Waals surface area (Å²) in [5, 5.41) is 3.01. The van der Waals surface area contributed by atoms with Crippen LogP contribution in [0, 0.1) is 0 Å². The van der Waals surface area contributed by atoms with Gasteiger partial charge in [0.25, 0.3) is 0 Å². The van der Waals surface area contributed by atoms with E-state index in [1.807, 2.05) is 13.8 Å². The molecule has 1 atom stereocenters. The highest BCUT2D eigenvalue weighted by molar-refractivity contribution is 9.10. The first-order valence-electron chi connectivity index (χ1n) is 6.96. The van der Waals surface area contributed by atoms with Gasteiger partial charge in [-0.3, -0.25) is 0 Å². The Morgan fingerprint density at radius 2 is 2.33 bits per heavy atom. The predicted molar refractivity (Wildman–Crippen MR) is 84.9 cm³/mol.